The number of nitrogens with two attached hydrogens (primary N) is 1. The predicted molar refractivity (Wildman–Crippen MR) is 34.6 cm³/mol. The fourth-order valence-electron chi connectivity index (χ4n) is 0.264. The first-order valence-corrected chi connectivity index (χ1v) is 2.83. The van der Waals surface area contributed by atoms with Crippen molar-refractivity contribution in [3.8, 4) is 0 Å². The first-order chi connectivity index (χ1) is 3.98. The maximum atomic E-state index is 9.76. The second kappa shape index (κ2) is 2.82. The van der Waals surface area contributed by atoms with Crippen molar-refractivity contribution in [1.29, 1.82) is 0 Å². The van der Waals surface area contributed by atoms with E-state index >= 15 is 0 Å². The molecule has 9 heavy (non-hydrogen) atoms. The van der Waals surface area contributed by atoms with E-state index in [1.54, 1.807) is 0 Å². The second-order valence-electron chi connectivity index (χ2n) is 3.02. The molecule has 0 heterocycles. The first-order valence-electron chi connectivity index (χ1n) is 2.83. The van der Waals surface area contributed by atoms with Gasteiger partial charge in [0.1, 0.15) is 0 Å². The van der Waals surface area contributed by atoms with Crippen LogP contribution in [0.2, 0.25) is 0 Å². The lowest BCUT2D eigenvalue weighted by Crippen LogP contribution is -2.37. The van der Waals surface area contributed by atoms with Crippen molar-refractivity contribution in [2.75, 3.05) is 0 Å². The van der Waals surface area contributed by atoms with Crippen LogP contribution in [0.4, 0.5) is 0 Å². The molecule has 2 N–H and O–H groups in total. The van der Waals surface area contributed by atoms with Crippen LogP contribution in [-0.4, -0.2) is 12.7 Å². The molecule has 0 amide bonds. The number of carbonyl (C=O) groups excluding carboxylic acids is 1. The molecule has 0 aromatic rings. The van der Waals surface area contributed by atoms with Crippen molar-refractivity contribution in [3.05, 3.63) is 0 Å². The van der Waals surface area contributed by atoms with E-state index in [1.165, 1.54) is 0 Å². The van der Waals surface area contributed by atoms with Crippen LogP contribution in [0.1, 0.15) is 20.8 Å². The van der Waals surface area contributed by atoms with Gasteiger partial charge in [-0.05, 0) is 0 Å². The molecular weight excluding hydrogens is 118 g/mol. The monoisotopic (exact) mass is 131 g/mol. The Bertz CT molecular complexity index is 95.7. The largest absolute Gasteiger partial charge is 0.448 e. The summed E-state index contributed by atoms with van der Waals surface area (Å²) in [4.78, 5) is 9.76. The van der Waals surface area contributed by atoms with Crippen molar-refractivity contribution in [2.45, 2.75) is 27.0 Å². The quantitative estimate of drug-likeness (QED) is 0.438. The average Bonchev–Trinajstić information content (AvgIpc) is 1.64. The van der Waals surface area contributed by atoms with Gasteiger partial charge in [-0.15, -0.1) is 0 Å². The van der Waals surface area contributed by atoms with E-state index in [0.29, 0.717) is 6.47 Å². The molecule has 0 aromatic carbocycles. The molecule has 3 heteroatoms. The van der Waals surface area contributed by atoms with Crippen LogP contribution in [0.5, 0.6) is 0 Å². The molecule has 3 nitrogen and oxygen atoms in total. The molecule has 0 aliphatic heterocycles. The maximum absolute atomic E-state index is 9.76. The highest BCUT2D eigenvalue weighted by molar-refractivity contribution is 5.37. The Balaban J connectivity index is 3.72. The van der Waals surface area contributed by atoms with Gasteiger partial charge < -0.3 is 4.74 Å². The van der Waals surface area contributed by atoms with Crippen molar-refractivity contribution in [3.63, 3.8) is 0 Å². The third-order valence-corrected chi connectivity index (χ3v) is 1.06. The van der Waals surface area contributed by atoms with Gasteiger partial charge in [-0.25, -0.2) is 0 Å². The Morgan fingerprint density at radius 3 is 2.11 bits per heavy atom. The van der Waals surface area contributed by atoms with Crippen LogP contribution in [0.3, 0.4) is 0 Å². The molecule has 0 spiro atoms. The smallest absolute Gasteiger partial charge is 0.294 e. The molecule has 0 aliphatic rings. The summed E-state index contributed by atoms with van der Waals surface area (Å²) in [7, 11) is 0. The van der Waals surface area contributed by atoms with Gasteiger partial charge in [0.2, 0.25) is 0 Å². The highest BCUT2D eigenvalue weighted by Gasteiger charge is 2.21. The molecule has 0 bridgehead atoms. The summed E-state index contributed by atoms with van der Waals surface area (Å²) in [6, 6.07) is 0. The maximum Gasteiger partial charge on any atom is 0.294 e. The lowest BCUT2D eigenvalue weighted by Gasteiger charge is -2.24. The third kappa shape index (κ3) is 3.08. The minimum Gasteiger partial charge on any atom is -0.448 e. The Kier molecular flexibility index (Phi) is 2.65. The van der Waals surface area contributed by atoms with Gasteiger partial charge in [-0.2, -0.15) is 0 Å². The van der Waals surface area contributed by atoms with E-state index in [1.807, 2.05) is 20.8 Å². The highest BCUT2D eigenvalue weighted by atomic mass is 16.5. The SMILES string of the molecule is CC(C)(C)C(N)OC=O. The number of ether oxygens (including phenoxy) is 1. The fourth-order valence-corrected chi connectivity index (χ4v) is 0.264. The summed E-state index contributed by atoms with van der Waals surface area (Å²) in [6.45, 7) is 6.08. The van der Waals surface area contributed by atoms with Crippen molar-refractivity contribution < 1.29 is 9.53 Å². The van der Waals surface area contributed by atoms with Crippen LogP contribution in [-0.2, 0) is 9.53 Å². The molecule has 1 unspecified atom stereocenters. The van der Waals surface area contributed by atoms with E-state index < -0.39 is 6.23 Å². The predicted octanol–water partition coefficient (Wildman–Crippen LogP) is 0.490. The Morgan fingerprint density at radius 2 is 2.00 bits per heavy atom. The van der Waals surface area contributed by atoms with Crippen LogP contribution in [0.25, 0.3) is 0 Å². The van der Waals surface area contributed by atoms with Crippen LogP contribution < -0.4 is 5.73 Å². The summed E-state index contributed by atoms with van der Waals surface area (Å²) >= 11 is 0. The number of carbonyl (C=O) groups is 1. The summed E-state index contributed by atoms with van der Waals surface area (Å²) < 4.78 is 4.50. The van der Waals surface area contributed by atoms with E-state index in [-0.39, 0.29) is 5.41 Å². The molecule has 0 fully saturated rings. The molecule has 0 aromatic heterocycles. The Hall–Kier alpha value is -0.570. The lowest BCUT2D eigenvalue weighted by atomic mass is 9.95. The van der Waals surface area contributed by atoms with Crippen molar-refractivity contribution >= 4 is 6.47 Å². The number of hydrogen-bond donors (Lipinski definition) is 1. The number of rotatable bonds is 2. The molecule has 54 valence electrons. The molecule has 0 rings (SSSR count). The second-order valence-corrected chi connectivity index (χ2v) is 3.02. The van der Waals surface area contributed by atoms with Gasteiger partial charge in [0, 0.05) is 5.41 Å². The van der Waals surface area contributed by atoms with E-state index in [9.17, 15) is 4.79 Å². The molecule has 0 saturated heterocycles. The van der Waals surface area contributed by atoms with Crippen LogP contribution in [0.15, 0.2) is 0 Å². The third-order valence-electron chi connectivity index (χ3n) is 1.06. The van der Waals surface area contributed by atoms with Gasteiger partial charge in [0.25, 0.3) is 6.47 Å². The standard InChI is InChI=1S/C6H13NO2/c1-6(2,3)5(7)9-4-8/h4-5H,7H2,1-3H3. The van der Waals surface area contributed by atoms with Gasteiger partial charge in [-0.1, -0.05) is 20.8 Å². The zero-order valence-corrected chi connectivity index (χ0v) is 6.05. The van der Waals surface area contributed by atoms with E-state index in [4.69, 9.17) is 5.73 Å². The van der Waals surface area contributed by atoms with Crippen molar-refractivity contribution in [1.82, 2.24) is 0 Å². The van der Waals surface area contributed by atoms with Gasteiger partial charge in [0.05, 0.1) is 0 Å². The molecule has 1 atom stereocenters. The minimum atomic E-state index is -0.505. The molecular formula is C6H13NO2. The Morgan fingerprint density at radius 1 is 1.56 bits per heavy atom. The summed E-state index contributed by atoms with van der Waals surface area (Å²) in [5.74, 6) is 0. The van der Waals surface area contributed by atoms with Crippen LogP contribution >= 0.6 is 0 Å². The lowest BCUT2D eigenvalue weighted by molar-refractivity contribution is -0.138. The molecule has 0 radical (unpaired) electrons. The summed E-state index contributed by atoms with van der Waals surface area (Å²) in [5, 5.41) is 0. The van der Waals surface area contributed by atoms with Gasteiger partial charge >= 0.3 is 0 Å². The van der Waals surface area contributed by atoms with Crippen molar-refractivity contribution in [2.24, 2.45) is 11.1 Å². The topological polar surface area (TPSA) is 52.3 Å². The Labute approximate surface area is 55.2 Å². The van der Waals surface area contributed by atoms with Gasteiger partial charge in [-0.3, -0.25) is 10.5 Å². The van der Waals surface area contributed by atoms with Crippen LogP contribution in [0, 0.1) is 5.41 Å². The average molecular weight is 131 g/mol. The van der Waals surface area contributed by atoms with Gasteiger partial charge in [0.15, 0.2) is 6.23 Å². The van der Waals surface area contributed by atoms with E-state index in [0.717, 1.165) is 0 Å². The fraction of sp³-hybridized carbons (Fsp3) is 0.833. The highest BCUT2D eigenvalue weighted by Crippen LogP contribution is 2.16. The molecule has 0 aliphatic carbocycles. The zero-order valence-electron chi connectivity index (χ0n) is 6.05. The summed E-state index contributed by atoms with van der Waals surface area (Å²) in [5.41, 5.74) is 5.24. The molecule has 0 saturated carbocycles. The first kappa shape index (κ1) is 8.43. The zero-order chi connectivity index (χ0) is 7.49. The number of hydrogen-bond acceptors (Lipinski definition) is 3. The van der Waals surface area contributed by atoms with E-state index in [2.05, 4.69) is 4.74 Å². The normalized spacial score (nSPS) is 14.7. The summed E-state index contributed by atoms with van der Waals surface area (Å²) in [6.07, 6.45) is -0.505. The minimum absolute atomic E-state index is 0.166.